The average Bonchev–Trinajstić information content (AvgIpc) is 3.75. The first kappa shape index (κ1) is 24.6. The maximum absolute atomic E-state index is 6.63. The number of ether oxygens (including phenoxy) is 1. The standard InChI is InChI=1S/C36H29N3O3/c1-36(2,3)23-15-16-37-28(19-23)27-21-31(35-33-32-29(41-34(27)33)13-8-14-30(32)42-35)40-26-12-7-11-25(20-26)39-18-17-38(22-39)24-9-5-4-6-10-24/h4-21H,22H2,1-3H3. The highest BCUT2D eigenvalue weighted by atomic mass is 16.5. The number of benzene rings is 4. The summed E-state index contributed by atoms with van der Waals surface area (Å²) in [4.78, 5) is 9.17. The summed E-state index contributed by atoms with van der Waals surface area (Å²) in [6.45, 7) is 7.33. The molecule has 42 heavy (non-hydrogen) atoms. The summed E-state index contributed by atoms with van der Waals surface area (Å²) in [6, 6.07) is 30.6. The lowest BCUT2D eigenvalue weighted by Crippen LogP contribution is -2.24. The van der Waals surface area contributed by atoms with E-state index >= 15 is 0 Å². The van der Waals surface area contributed by atoms with Crippen LogP contribution >= 0.6 is 0 Å². The summed E-state index contributed by atoms with van der Waals surface area (Å²) in [6.07, 6.45) is 6.05. The zero-order chi connectivity index (χ0) is 28.4. The monoisotopic (exact) mass is 551 g/mol. The summed E-state index contributed by atoms with van der Waals surface area (Å²) < 4.78 is 19.4. The molecule has 0 saturated carbocycles. The fourth-order valence-electron chi connectivity index (χ4n) is 5.74. The minimum Gasteiger partial charge on any atom is -0.455 e. The second-order valence-electron chi connectivity index (χ2n) is 11.8. The van der Waals surface area contributed by atoms with Gasteiger partial charge in [-0.3, -0.25) is 4.98 Å². The summed E-state index contributed by atoms with van der Waals surface area (Å²) >= 11 is 0. The SMILES string of the molecule is CC(C)(C)c1ccnc(-c2cc(Oc3cccc(N4C=CN(c5ccccc5)C4)c3)c3oc4cccc5oc2c3c45)c1. The fourth-order valence-corrected chi connectivity index (χ4v) is 5.74. The van der Waals surface area contributed by atoms with Crippen LogP contribution in [0.25, 0.3) is 44.4 Å². The van der Waals surface area contributed by atoms with Gasteiger partial charge in [0.05, 0.1) is 23.1 Å². The van der Waals surface area contributed by atoms with Crippen molar-refractivity contribution in [1.82, 2.24) is 4.98 Å². The van der Waals surface area contributed by atoms with Gasteiger partial charge in [0, 0.05) is 41.6 Å². The Morgan fingerprint density at radius 3 is 2.21 bits per heavy atom. The molecule has 0 atom stereocenters. The molecule has 0 radical (unpaired) electrons. The van der Waals surface area contributed by atoms with Gasteiger partial charge < -0.3 is 23.4 Å². The molecule has 0 unspecified atom stereocenters. The van der Waals surface area contributed by atoms with Crippen molar-refractivity contribution in [2.75, 3.05) is 16.5 Å². The van der Waals surface area contributed by atoms with Crippen molar-refractivity contribution < 1.29 is 13.6 Å². The van der Waals surface area contributed by atoms with Crippen LogP contribution in [0.3, 0.4) is 0 Å². The molecular weight excluding hydrogens is 522 g/mol. The minimum absolute atomic E-state index is 0.0191. The molecule has 4 heterocycles. The van der Waals surface area contributed by atoms with Crippen molar-refractivity contribution in [2.24, 2.45) is 0 Å². The van der Waals surface area contributed by atoms with E-state index in [9.17, 15) is 0 Å². The van der Waals surface area contributed by atoms with E-state index in [0.717, 1.165) is 62.6 Å². The molecule has 3 aromatic heterocycles. The number of rotatable bonds is 5. The summed E-state index contributed by atoms with van der Waals surface area (Å²) in [5, 5.41) is 1.89. The molecule has 0 fully saturated rings. The third-order valence-electron chi connectivity index (χ3n) is 7.96. The van der Waals surface area contributed by atoms with Crippen molar-refractivity contribution in [2.45, 2.75) is 26.2 Å². The molecule has 0 saturated heterocycles. The first-order valence-corrected chi connectivity index (χ1v) is 14.1. The molecule has 0 amide bonds. The Hall–Kier alpha value is -5.23. The van der Waals surface area contributed by atoms with E-state index in [1.807, 2.05) is 48.7 Å². The van der Waals surface area contributed by atoms with Gasteiger partial charge in [0.2, 0.25) is 0 Å². The lowest BCUT2D eigenvalue weighted by atomic mass is 9.87. The van der Waals surface area contributed by atoms with Gasteiger partial charge in [-0.1, -0.05) is 51.1 Å². The van der Waals surface area contributed by atoms with E-state index in [2.05, 4.69) is 91.5 Å². The van der Waals surface area contributed by atoms with Gasteiger partial charge in [-0.25, -0.2) is 0 Å². The number of aromatic nitrogens is 1. The summed E-state index contributed by atoms with van der Waals surface area (Å²) in [7, 11) is 0. The van der Waals surface area contributed by atoms with Crippen LogP contribution < -0.4 is 14.5 Å². The normalized spacial score (nSPS) is 13.8. The maximum atomic E-state index is 6.63. The van der Waals surface area contributed by atoms with Crippen molar-refractivity contribution in [3.05, 3.63) is 115 Å². The van der Waals surface area contributed by atoms with Gasteiger partial charge in [-0.05, 0) is 65.6 Å². The predicted octanol–water partition coefficient (Wildman–Crippen LogP) is 9.68. The molecule has 6 heteroatoms. The molecule has 4 aromatic carbocycles. The molecule has 7 aromatic rings. The molecule has 1 aliphatic heterocycles. The number of pyridine rings is 1. The Morgan fingerprint density at radius 2 is 1.43 bits per heavy atom. The smallest absolute Gasteiger partial charge is 0.181 e. The second kappa shape index (κ2) is 9.14. The van der Waals surface area contributed by atoms with Crippen LogP contribution in [0.4, 0.5) is 11.4 Å². The Morgan fingerprint density at radius 1 is 0.714 bits per heavy atom. The third-order valence-corrected chi connectivity index (χ3v) is 7.96. The first-order valence-electron chi connectivity index (χ1n) is 14.1. The van der Waals surface area contributed by atoms with Gasteiger partial charge in [-0.2, -0.15) is 0 Å². The molecule has 0 spiro atoms. The Kier molecular flexibility index (Phi) is 5.35. The summed E-state index contributed by atoms with van der Waals surface area (Å²) in [5.74, 6) is 1.34. The number of hydrogen-bond donors (Lipinski definition) is 0. The lowest BCUT2D eigenvalue weighted by Gasteiger charge is -2.22. The van der Waals surface area contributed by atoms with Crippen LogP contribution in [0.5, 0.6) is 11.5 Å². The van der Waals surface area contributed by atoms with Crippen molar-refractivity contribution >= 4 is 44.5 Å². The highest BCUT2D eigenvalue weighted by Gasteiger charge is 2.26. The van der Waals surface area contributed by atoms with Gasteiger partial charge in [0.15, 0.2) is 11.3 Å². The molecular formula is C36H29N3O3. The Balaban J connectivity index is 1.21. The van der Waals surface area contributed by atoms with Crippen LogP contribution in [0, 0.1) is 0 Å². The number of nitrogens with zero attached hydrogens (tertiary/aromatic N) is 3. The van der Waals surface area contributed by atoms with Gasteiger partial charge in [0.1, 0.15) is 22.5 Å². The van der Waals surface area contributed by atoms with E-state index < -0.39 is 0 Å². The van der Waals surface area contributed by atoms with Crippen LogP contribution in [0.2, 0.25) is 0 Å². The lowest BCUT2D eigenvalue weighted by molar-refractivity contribution is 0.476. The quantitative estimate of drug-likeness (QED) is 0.212. The predicted molar refractivity (Wildman–Crippen MR) is 169 cm³/mol. The number of para-hydroxylation sites is 1. The van der Waals surface area contributed by atoms with Gasteiger partial charge >= 0.3 is 0 Å². The largest absolute Gasteiger partial charge is 0.455 e. The van der Waals surface area contributed by atoms with E-state index in [-0.39, 0.29) is 5.41 Å². The molecule has 1 aliphatic rings. The molecule has 6 nitrogen and oxygen atoms in total. The zero-order valence-corrected chi connectivity index (χ0v) is 23.7. The highest BCUT2D eigenvalue weighted by molar-refractivity contribution is 6.24. The van der Waals surface area contributed by atoms with E-state index in [4.69, 9.17) is 18.6 Å². The van der Waals surface area contributed by atoms with Crippen molar-refractivity contribution in [3.8, 4) is 22.8 Å². The molecule has 0 N–H and O–H groups in total. The third kappa shape index (κ3) is 3.98. The number of anilines is 2. The molecule has 8 rings (SSSR count). The van der Waals surface area contributed by atoms with Crippen LogP contribution in [0.15, 0.2) is 118 Å². The number of furan rings is 2. The second-order valence-corrected chi connectivity index (χ2v) is 11.8. The van der Waals surface area contributed by atoms with E-state index in [1.54, 1.807) is 0 Å². The molecule has 206 valence electrons. The topological polar surface area (TPSA) is 54.9 Å². The Labute approximate surface area is 243 Å². The van der Waals surface area contributed by atoms with Gasteiger partial charge in [0.25, 0.3) is 0 Å². The number of hydrogen-bond acceptors (Lipinski definition) is 6. The zero-order valence-electron chi connectivity index (χ0n) is 23.7. The van der Waals surface area contributed by atoms with Gasteiger partial charge in [-0.15, -0.1) is 0 Å². The highest BCUT2D eigenvalue weighted by Crippen LogP contribution is 2.48. The summed E-state index contributed by atoms with van der Waals surface area (Å²) in [5.41, 5.74) is 8.07. The fraction of sp³-hybridized carbons (Fsp3) is 0.139. The molecule has 0 bridgehead atoms. The molecule has 0 aliphatic carbocycles. The van der Waals surface area contributed by atoms with Crippen molar-refractivity contribution in [1.29, 1.82) is 0 Å². The van der Waals surface area contributed by atoms with Crippen LogP contribution in [-0.4, -0.2) is 11.7 Å². The minimum atomic E-state index is -0.0191. The van der Waals surface area contributed by atoms with Crippen LogP contribution in [0.1, 0.15) is 26.3 Å². The van der Waals surface area contributed by atoms with E-state index in [1.165, 1.54) is 5.56 Å². The average molecular weight is 552 g/mol. The van der Waals surface area contributed by atoms with E-state index in [0.29, 0.717) is 11.3 Å². The Bertz CT molecular complexity index is 2100. The maximum Gasteiger partial charge on any atom is 0.181 e. The van der Waals surface area contributed by atoms with Crippen LogP contribution in [-0.2, 0) is 5.41 Å². The van der Waals surface area contributed by atoms with Crippen molar-refractivity contribution in [3.63, 3.8) is 0 Å². The first-order chi connectivity index (χ1) is 20.4.